The van der Waals surface area contributed by atoms with E-state index in [1.54, 1.807) is 36.4 Å². The average molecular weight is 703 g/mol. The number of carbonyl (C=O) groups is 1. The largest absolute Gasteiger partial charge is 0.461 e. The zero-order chi connectivity index (χ0) is 34.9. The van der Waals surface area contributed by atoms with Crippen LogP contribution in [0.2, 0.25) is 0 Å². The molecule has 0 saturated carbocycles. The quantitative estimate of drug-likeness (QED) is 0.126. The van der Waals surface area contributed by atoms with Crippen LogP contribution in [0.25, 0.3) is 17.2 Å². The van der Waals surface area contributed by atoms with Gasteiger partial charge in [0.15, 0.2) is 9.84 Å². The molecule has 49 heavy (non-hydrogen) atoms. The minimum Gasteiger partial charge on any atom is -0.461 e. The van der Waals surface area contributed by atoms with Gasteiger partial charge in [0.1, 0.15) is 18.2 Å². The Morgan fingerprint density at radius 3 is 2.37 bits per heavy atom. The number of fused-ring (bicyclic) bond motifs is 1. The third-order valence-corrected chi connectivity index (χ3v) is 10.6. The van der Waals surface area contributed by atoms with E-state index in [4.69, 9.17) is 9.47 Å². The van der Waals surface area contributed by atoms with Crippen LogP contribution in [0.4, 0.5) is 4.39 Å². The Hall–Kier alpha value is -5.60. The number of benzene rings is 4. The monoisotopic (exact) mass is 702 g/mol. The summed E-state index contributed by atoms with van der Waals surface area (Å²) in [4.78, 5) is 12.9. The van der Waals surface area contributed by atoms with Crippen LogP contribution in [0.15, 0.2) is 122 Å². The fourth-order valence-electron chi connectivity index (χ4n) is 5.34. The summed E-state index contributed by atoms with van der Waals surface area (Å²) >= 11 is 0. The van der Waals surface area contributed by atoms with E-state index in [0.29, 0.717) is 16.7 Å². The van der Waals surface area contributed by atoms with Gasteiger partial charge in [-0.15, -0.1) is 0 Å². The van der Waals surface area contributed by atoms with Crippen LogP contribution in [-0.2, 0) is 35.8 Å². The number of nitrogens with zero attached hydrogens (tertiary/aromatic N) is 2. The zero-order valence-electron chi connectivity index (χ0n) is 26.0. The summed E-state index contributed by atoms with van der Waals surface area (Å²) in [6.45, 7) is 1.64. The van der Waals surface area contributed by atoms with E-state index in [1.807, 2.05) is 13.0 Å². The second-order valence-corrected chi connectivity index (χ2v) is 15.0. The van der Waals surface area contributed by atoms with Gasteiger partial charge < -0.3 is 14.7 Å². The highest BCUT2D eigenvalue weighted by atomic mass is 32.2. The van der Waals surface area contributed by atoms with Crippen molar-refractivity contribution in [1.82, 2.24) is 5.16 Å². The van der Waals surface area contributed by atoms with Gasteiger partial charge >= 0.3 is 16.9 Å². The van der Waals surface area contributed by atoms with Gasteiger partial charge in [0, 0.05) is 6.26 Å². The third-order valence-electron chi connectivity index (χ3n) is 7.76. The number of halogens is 1. The van der Waals surface area contributed by atoms with E-state index in [-0.39, 0.29) is 33.5 Å². The molecular formula is C35H27FN2O9S2. The first-order valence-corrected chi connectivity index (χ1v) is 18.0. The van der Waals surface area contributed by atoms with Gasteiger partial charge in [0.2, 0.25) is 0 Å². The van der Waals surface area contributed by atoms with Crippen molar-refractivity contribution in [2.24, 2.45) is 0 Å². The number of ether oxygens (including phenoxy) is 2. The summed E-state index contributed by atoms with van der Waals surface area (Å²) in [5.74, 6) is -1.53. The molecule has 4 aromatic carbocycles. The summed E-state index contributed by atoms with van der Waals surface area (Å²) in [6.07, 6.45) is 2.82. The third kappa shape index (κ3) is 7.00. The highest BCUT2D eigenvalue weighted by Crippen LogP contribution is 2.44. The maximum absolute atomic E-state index is 14.4. The predicted molar refractivity (Wildman–Crippen MR) is 175 cm³/mol. The van der Waals surface area contributed by atoms with Crippen LogP contribution in [0.3, 0.4) is 0 Å². The fourth-order valence-corrected chi connectivity index (χ4v) is 7.25. The molecule has 0 atom stereocenters. The Morgan fingerprint density at radius 2 is 1.65 bits per heavy atom. The van der Waals surface area contributed by atoms with Crippen molar-refractivity contribution in [2.45, 2.75) is 34.8 Å². The van der Waals surface area contributed by atoms with Gasteiger partial charge in [0.25, 0.3) is 9.84 Å². The van der Waals surface area contributed by atoms with Gasteiger partial charge in [-0.25, -0.2) is 21.2 Å². The van der Waals surface area contributed by atoms with E-state index < -0.39 is 42.4 Å². The topological polar surface area (TPSA) is 157 Å². The Balaban J connectivity index is 1.18. The molecule has 11 nitrogen and oxygen atoms in total. The molecule has 5 aromatic rings. The van der Waals surface area contributed by atoms with Crippen LogP contribution in [0, 0.1) is 11.0 Å². The molecule has 0 bridgehead atoms. The molecule has 0 radical (unpaired) electrons. The molecular weight excluding hydrogens is 676 g/mol. The second kappa shape index (κ2) is 13.1. The van der Waals surface area contributed by atoms with Gasteiger partial charge in [-0.2, -0.15) is 0 Å². The summed E-state index contributed by atoms with van der Waals surface area (Å²) in [6, 6.07) is 24.2. The molecule has 0 unspecified atom stereocenters. The summed E-state index contributed by atoms with van der Waals surface area (Å²) in [5, 5.41) is 14.9. The van der Waals surface area contributed by atoms with Gasteiger partial charge in [-0.3, -0.25) is 9.42 Å². The van der Waals surface area contributed by atoms with E-state index in [1.165, 1.54) is 60.7 Å². The molecule has 1 heterocycles. The lowest BCUT2D eigenvalue weighted by molar-refractivity contribution is -0.832. The van der Waals surface area contributed by atoms with Crippen molar-refractivity contribution >= 4 is 42.9 Å². The molecule has 0 N–H and O–H groups in total. The molecule has 1 aliphatic rings. The number of hydrogen-bond acceptors (Lipinski definition) is 10. The number of aromatic nitrogens is 2. The molecule has 0 spiro atoms. The Morgan fingerprint density at radius 1 is 0.918 bits per heavy atom. The maximum Gasteiger partial charge on any atom is 0.420 e. The fraction of sp³-hybridized carbons (Fsp3) is 0.114. The zero-order valence-corrected chi connectivity index (χ0v) is 27.6. The standard InChI is InChI=1S/C35H27FN2O9S2/c1-22-30(18-23-11-14-27(15-12-23)48(2,41)42)29-16-13-25(36)19-32(29)31(22)20-33(39)45-21-24-7-6-8-26(17-24)46-34-35(38(40)47-37-34)49(43,44)28-9-4-3-5-10-28/h3-19H,20-21H2,1-2H3/b30-18-. The minimum absolute atomic E-state index is 0.102. The first-order chi connectivity index (χ1) is 23.3. The Kier molecular flexibility index (Phi) is 8.92. The van der Waals surface area contributed by atoms with Crippen molar-refractivity contribution in [1.29, 1.82) is 0 Å². The highest BCUT2D eigenvalue weighted by Gasteiger charge is 2.36. The van der Waals surface area contributed by atoms with Gasteiger partial charge in [-0.1, -0.05) is 48.5 Å². The number of allylic oxidation sites excluding steroid dienone is 2. The number of rotatable bonds is 10. The number of hydrogen-bond donors (Lipinski definition) is 0. The van der Waals surface area contributed by atoms with Crippen molar-refractivity contribution in [3.05, 3.63) is 136 Å². The normalized spacial score (nSPS) is 13.8. The van der Waals surface area contributed by atoms with Crippen molar-refractivity contribution in [2.75, 3.05) is 6.26 Å². The van der Waals surface area contributed by atoms with Crippen LogP contribution in [0.1, 0.15) is 35.6 Å². The van der Waals surface area contributed by atoms with E-state index in [9.17, 15) is 31.2 Å². The summed E-state index contributed by atoms with van der Waals surface area (Å²) in [5.41, 5.74) is 4.56. The molecule has 6 rings (SSSR count). The Labute approximate surface area is 280 Å². The first kappa shape index (κ1) is 33.3. The van der Waals surface area contributed by atoms with Crippen LogP contribution >= 0.6 is 0 Å². The lowest BCUT2D eigenvalue weighted by atomic mass is 10.0. The smallest absolute Gasteiger partial charge is 0.420 e. The highest BCUT2D eigenvalue weighted by molar-refractivity contribution is 7.91. The minimum atomic E-state index is -4.33. The lowest BCUT2D eigenvalue weighted by Gasteiger charge is -2.09. The maximum atomic E-state index is 14.4. The summed E-state index contributed by atoms with van der Waals surface area (Å²) in [7, 11) is -7.69. The first-order valence-electron chi connectivity index (χ1n) is 14.7. The van der Waals surface area contributed by atoms with E-state index in [2.05, 4.69) is 9.79 Å². The number of esters is 1. The number of sulfone groups is 2. The number of carbonyl (C=O) groups excluding carboxylic acids is 1. The molecule has 1 aliphatic carbocycles. The Bertz CT molecular complexity index is 2370. The molecule has 0 amide bonds. The van der Waals surface area contributed by atoms with E-state index >= 15 is 0 Å². The van der Waals surface area contributed by atoms with Crippen LogP contribution in [-0.4, -0.2) is 34.2 Å². The molecule has 14 heteroatoms. The van der Waals surface area contributed by atoms with E-state index in [0.717, 1.165) is 28.5 Å². The van der Waals surface area contributed by atoms with Crippen molar-refractivity contribution in [3.63, 3.8) is 0 Å². The van der Waals surface area contributed by atoms with Gasteiger partial charge in [-0.05, 0) is 105 Å². The molecule has 1 aromatic heterocycles. The predicted octanol–water partition coefficient (Wildman–Crippen LogP) is 5.94. The second-order valence-electron chi connectivity index (χ2n) is 11.1. The lowest BCUT2D eigenvalue weighted by Crippen LogP contribution is -2.30. The average Bonchev–Trinajstić information content (AvgIpc) is 3.56. The molecule has 0 saturated heterocycles. The molecule has 250 valence electrons. The van der Waals surface area contributed by atoms with Crippen molar-refractivity contribution in [3.8, 4) is 11.6 Å². The molecule has 0 fully saturated rings. The molecule has 0 aliphatic heterocycles. The SMILES string of the molecule is CC1=C(CC(=O)OCc2cccc(Oc3no[n+]([O-])c3S(=O)(=O)c3ccccc3)c2)c2cc(F)ccc2/C1=C\c1ccc(S(C)(=O)=O)cc1. The summed E-state index contributed by atoms with van der Waals surface area (Å²) < 4.78 is 79.9. The van der Waals surface area contributed by atoms with Crippen LogP contribution in [0.5, 0.6) is 11.6 Å². The van der Waals surface area contributed by atoms with Crippen LogP contribution < -0.4 is 9.64 Å². The van der Waals surface area contributed by atoms with Crippen molar-refractivity contribution < 1.29 is 45.0 Å². The van der Waals surface area contributed by atoms with Gasteiger partial charge in [0.05, 0.1) is 21.4 Å².